The Morgan fingerprint density at radius 1 is 1.35 bits per heavy atom. The number of rotatable bonds is 9. The standard InChI is InChI=1S/C11H23N5O/c1-4-6-8-17-9-7-16-11(13-14-15-16)10(3)12-5-2/h10,12H,4-9H2,1-3H3. The maximum Gasteiger partial charge on any atom is 0.168 e. The van der Waals surface area contributed by atoms with Crippen molar-refractivity contribution < 1.29 is 4.74 Å². The predicted molar refractivity (Wildman–Crippen MR) is 65.6 cm³/mol. The predicted octanol–water partition coefficient (Wildman–Crippen LogP) is 1.16. The number of aromatic nitrogens is 4. The Morgan fingerprint density at radius 3 is 2.88 bits per heavy atom. The normalized spacial score (nSPS) is 12.9. The first-order valence-electron chi connectivity index (χ1n) is 6.36. The lowest BCUT2D eigenvalue weighted by molar-refractivity contribution is 0.119. The molecule has 6 heteroatoms. The molecule has 1 unspecified atom stereocenters. The zero-order chi connectivity index (χ0) is 12.5. The summed E-state index contributed by atoms with van der Waals surface area (Å²) >= 11 is 0. The Kier molecular flexibility index (Phi) is 6.73. The number of nitrogens with zero attached hydrogens (tertiary/aromatic N) is 4. The summed E-state index contributed by atoms with van der Waals surface area (Å²) in [4.78, 5) is 0. The molecule has 17 heavy (non-hydrogen) atoms. The Bertz CT molecular complexity index is 302. The fraction of sp³-hybridized carbons (Fsp3) is 0.909. The second-order valence-corrected chi connectivity index (χ2v) is 4.01. The molecular weight excluding hydrogens is 218 g/mol. The molecule has 1 N–H and O–H groups in total. The molecule has 0 fully saturated rings. The molecule has 1 aromatic rings. The lowest BCUT2D eigenvalue weighted by Gasteiger charge is -2.12. The summed E-state index contributed by atoms with van der Waals surface area (Å²) in [5, 5.41) is 15.0. The molecule has 0 amide bonds. The van der Waals surface area contributed by atoms with Gasteiger partial charge in [-0.15, -0.1) is 5.10 Å². The molecule has 0 saturated carbocycles. The summed E-state index contributed by atoms with van der Waals surface area (Å²) < 4.78 is 7.31. The summed E-state index contributed by atoms with van der Waals surface area (Å²) in [6, 6.07) is 0.172. The van der Waals surface area contributed by atoms with Gasteiger partial charge in [0.1, 0.15) is 0 Å². The zero-order valence-electron chi connectivity index (χ0n) is 11.0. The van der Waals surface area contributed by atoms with Crippen LogP contribution in [0, 0.1) is 0 Å². The maximum atomic E-state index is 5.51. The number of ether oxygens (including phenoxy) is 1. The van der Waals surface area contributed by atoms with Crippen LogP contribution in [0.1, 0.15) is 45.5 Å². The minimum Gasteiger partial charge on any atom is -0.380 e. The Balaban J connectivity index is 2.35. The molecule has 0 aliphatic rings. The molecule has 0 saturated heterocycles. The Labute approximate surface area is 103 Å². The quantitative estimate of drug-likeness (QED) is 0.657. The molecular formula is C11H23N5O. The van der Waals surface area contributed by atoms with Gasteiger partial charge >= 0.3 is 0 Å². The van der Waals surface area contributed by atoms with E-state index in [1.54, 1.807) is 4.68 Å². The Hall–Kier alpha value is -1.01. The van der Waals surface area contributed by atoms with Crippen molar-refractivity contribution in [2.24, 2.45) is 0 Å². The van der Waals surface area contributed by atoms with Crippen molar-refractivity contribution in [3.05, 3.63) is 5.82 Å². The first-order chi connectivity index (χ1) is 8.29. The van der Waals surface area contributed by atoms with E-state index in [-0.39, 0.29) is 6.04 Å². The van der Waals surface area contributed by atoms with E-state index >= 15 is 0 Å². The van der Waals surface area contributed by atoms with Crippen LogP contribution in [0.15, 0.2) is 0 Å². The van der Waals surface area contributed by atoms with E-state index in [2.05, 4.69) is 41.6 Å². The third-order valence-corrected chi connectivity index (χ3v) is 2.55. The number of unbranched alkanes of at least 4 members (excludes halogenated alkanes) is 1. The molecule has 0 spiro atoms. The van der Waals surface area contributed by atoms with Crippen molar-refractivity contribution in [2.75, 3.05) is 19.8 Å². The van der Waals surface area contributed by atoms with Crippen LogP contribution in [0.3, 0.4) is 0 Å². The molecule has 0 aliphatic heterocycles. The van der Waals surface area contributed by atoms with Crippen LogP contribution in [0.4, 0.5) is 0 Å². The van der Waals surface area contributed by atoms with Crippen molar-refractivity contribution in [3.8, 4) is 0 Å². The molecule has 0 bridgehead atoms. The molecule has 6 nitrogen and oxygen atoms in total. The van der Waals surface area contributed by atoms with Gasteiger partial charge in [0.15, 0.2) is 5.82 Å². The van der Waals surface area contributed by atoms with Crippen LogP contribution in [0.25, 0.3) is 0 Å². The summed E-state index contributed by atoms with van der Waals surface area (Å²) in [7, 11) is 0. The van der Waals surface area contributed by atoms with E-state index < -0.39 is 0 Å². The van der Waals surface area contributed by atoms with Crippen LogP contribution >= 0.6 is 0 Å². The van der Waals surface area contributed by atoms with Crippen molar-refractivity contribution in [3.63, 3.8) is 0 Å². The molecule has 1 atom stereocenters. The number of hydrogen-bond donors (Lipinski definition) is 1. The average Bonchev–Trinajstić information content (AvgIpc) is 2.77. The second kappa shape index (κ2) is 8.14. The van der Waals surface area contributed by atoms with Gasteiger partial charge in [-0.2, -0.15) is 0 Å². The largest absolute Gasteiger partial charge is 0.380 e. The lowest BCUT2D eigenvalue weighted by atomic mass is 10.3. The van der Waals surface area contributed by atoms with E-state index in [1.165, 1.54) is 0 Å². The van der Waals surface area contributed by atoms with Gasteiger partial charge < -0.3 is 10.1 Å². The minimum absolute atomic E-state index is 0.172. The number of hydrogen-bond acceptors (Lipinski definition) is 5. The van der Waals surface area contributed by atoms with E-state index in [9.17, 15) is 0 Å². The van der Waals surface area contributed by atoms with Crippen molar-refractivity contribution >= 4 is 0 Å². The SMILES string of the molecule is CCCCOCCn1nnnc1C(C)NCC. The monoisotopic (exact) mass is 241 g/mol. The van der Waals surface area contributed by atoms with Gasteiger partial charge in [-0.25, -0.2) is 4.68 Å². The van der Waals surface area contributed by atoms with E-state index in [0.717, 1.165) is 31.8 Å². The van der Waals surface area contributed by atoms with Crippen molar-refractivity contribution in [1.82, 2.24) is 25.5 Å². The Morgan fingerprint density at radius 2 is 2.18 bits per heavy atom. The highest BCUT2D eigenvalue weighted by molar-refractivity contribution is 4.89. The highest BCUT2D eigenvalue weighted by Crippen LogP contribution is 2.06. The number of nitrogens with one attached hydrogen (secondary N) is 1. The van der Waals surface area contributed by atoms with Gasteiger partial charge in [-0.3, -0.25) is 0 Å². The van der Waals surface area contributed by atoms with E-state index in [4.69, 9.17) is 4.74 Å². The summed E-state index contributed by atoms with van der Waals surface area (Å²) in [6.07, 6.45) is 2.27. The van der Waals surface area contributed by atoms with Crippen LogP contribution in [-0.2, 0) is 11.3 Å². The molecule has 0 radical (unpaired) electrons. The van der Waals surface area contributed by atoms with Crippen LogP contribution in [0.2, 0.25) is 0 Å². The van der Waals surface area contributed by atoms with Crippen LogP contribution in [0.5, 0.6) is 0 Å². The number of tetrazole rings is 1. The summed E-state index contributed by atoms with van der Waals surface area (Å²) in [5.41, 5.74) is 0. The van der Waals surface area contributed by atoms with Crippen molar-refractivity contribution in [2.45, 2.75) is 46.2 Å². The van der Waals surface area contributed by atoms with Gasteiger partial charge in [0.25, 0.3) is 0 Å². The van der Waals surface area contributed by atoms with Gasteiger partial charge in [-0.1, -0.05) is 20.3 Å². The van der Waals surface area contributed by atoms with Crippen molar-refractivity contribution in [1.29, 1.82) is 0 Å². The third-order valence-electron chi connectivity index (χ3n) is 2.55. The molecule has 98 valence electrons. The molecule has 1 heterocycles. The maximum absolute atomic E-state index is 5.51. The average molecular weight is 241 g/mol. The van der Waals surface area contributed by atoms with Gasteiger partial charge in [0.05, 0.1) is 19.2 Å². The third kappa shape index (κ3) is 4.79. The van der Waals surface area contributed by atoms with Gasteiger partial charge in [0.2, 0.25) is 0 Å². The molecule has 0 aromatic carbocycles. The lowest BCUT2D eigenvalue weighted by Crippen LogP contribution is -2.23. The van der Waals surface area contributed by atoms with Gasteiger partial charge in [-0.05, 0) is 30.3 Å². The molecule has 0 aliphatic carbocycles. The van der Waals surface area contributed by atoms with Gasteiger partial charge in [0, 0.05) is 6.61 Å². The van der Waals surface area contributed by atoms with E-state index in [0.29, 0.717) is 13.2 Å². The summed E-state index contributed by atoms with van der Waals surface area (Å²) in [6.45, 7) is 9.37. The van der Waals surface area contributed by atoms with E-state index in [1.807, 2.05) is 0 Å². The fourth-order valence-corrected chi connectivity index (χ4v) is 1.58. The smallest absolute Gasteiger partial charge is 0.168 e. The van der Waals surface area contributed by atoms with Crippen LogP contribution in [-0.4, -0.2) is 40.0 Å². The zero-order valence-corrected chi connectivity index (χ0v) is 11.0. The first kappa shape index (κ1) is 14.1. The first-order valence-corrected chi connectivity index (χ1v) is 6.36. The molecule has 1 rings (SSSR count). The van der Waals surface area contributed by atoms with Crippen LogP contribution < -0.4 is 5.32 Å². The highest BCUT2D eigenvalue weighted by atomic mass is 16.5. The topological polar surface area (TPSA) is 64.9 Å². The fourth-order valence-electron chi connectivity index (χ4n) is 1.58. The minimum atomic E-state index is 0.172. The molecule has 1 aromatic heterocycles. The highest BCUT2D eigenvalue weighted by Gasteiger charge is 2.12. The second-order valence-electron chi connectivity index (χ2n) is 4.01. The summed E-state index contributed by atoms with van der Waals surface area (Å²) in [5.74, 6) is 0.867.